The molecule has 3 nitrogen and oxygen atoms in total. The Morgan fingerprint density at radius 3 is 2.83 bits per heavy atom. The smallest absolute Gasteiger partial charge is 0.0672 e. The van der Waals surface area contributed by atoms with Crippen molar-refractivity contribution in [2.24, 2.45) is 0 Å². The van der Waals surface area contributed by atoms with Crippen LogP contribution in [0.1, 0.15) is 39.0 Å². The Morgan fingerprint density at radius 1 is 1.33 bits per heavy atom. The summed E-state index contributed by atoms with van der Waals surface area (Å²) in [7, 11) is 0. The van der Waals surface area contributed by atoms with Gasteiger partial charge in [-0.05, 0) is 39.3 Å². The Morgan fingerprint density at radius 2 is 2.11 bits per heavy atom. The average molecular weight is 252 g/mol. The van der Waals surface area contributed by atoms with E-state index >= 15 is 0 Å². The van der Waals surface area contributed by atoms with E-state index in [2.05, 4.69) is 16.8 Å². The van der Waals surface area contributed by atoms with E-state index in [1.165, 1.54) is 51.7 Å². The predicted molar refractivity (Wildman–Crippen MR) is 75.9 cm³/mol. The zero-order chi connectivity index (χ0) is 12.8. The molecule has 0 aromatic carbocycles. The highest BCUT2D eigenvalue weighted by Crippen LogP contribution is 2.31. The lowest BCUT2D eigenvalue weighted by atomic mass is 9.97. The van der Waals surface area contributed by atoms with E-state index in [1.54, 1.807) is 0 Å². The zero-order valence-corrected chi connectivity index (χ0v) is 11.8. The van der Waals surface area contributed by atoms with Crippen LogP contribution in [0.5, 0.6) is 0 Å². The number of hydrogen-bond acceptors (Lipinski definition) is 3. The van der Waals surface area contributed by atoms with Crippen LogP contribution in [-0.4, -0.2) is 49.8 Å². The van der Waals surface area contributed by atoms with Gasteiger partial charge in [-0.3, -0.25) is 4.90 Å². The monoisotopic (exact) mass is 252 g/mol. The van der Waals surface area contributed by atoms with Crippen LogP contribution in [0, 0.1) is 0 Å². The first kappa shape index (κ1) is 14.0. The maximum atomic E-state index is 5.63. The van der Waals surface area contributed by atoms with Gasteiger partial charge in [0.1, 0.15) is 0 Å². The summed E-state index contributed by atoms with van der Waals surface area (Å²) in [5.41, 5.74) is 1.53. The second kappa shape index (κ2) is 6.69. The third-order valence-corrected chi connectivity index (χ3v) is 4.14. The summed E-state index contributed by atoms with van der Waals surface area (Å²) in [6.45, 7) is 12.1. The number of nitrogens with one attached hydrogen (secondary N) is 1. The van der Waals surface area contributed by atoms with E-state index in [1.807, 2.05) is 6.92 Å². The lowest BCUT2D eigenvalue weighted by molar-refractivity contribution is 0.110. The van der Waals surface area contributed by atoms with Gasteiger partial charge in [-0.25, -0.2) is 0 Å². The van der Waals surface area contributed by atoms with Gasteiger partial charge in [0, 0.05) is 18.6 Å². The Hall–Kier alpha value is -0.380. The van der Waals surface area contributed by atoms with Crippen molar-refractivity contribution >= 4 is 0 Å². The molecule has 0 radical (unpaired) electrons. The molecule has 1 heterocycles. The van der Waals surface area contributed by atoms with Crippen LogP contribution in [0.3, 0.4) is 0 Å². The molecule has 1 saturated heterocycles. The summed E-state index contributed by atoms with van der Waals surface area (Å²) in [6.07, 6.45) is 6.77. The molecule has 0 amide bonds. The first-order valence-corrected chi connectivity index (χ1v) is 7.40. The van der Waals surface area contributed by atoms with Crippen molar-refractivity contribution < 1.29 is 4.74 Å². The molecule has 0 bridgehead atoms. The second-order valence-corrected chi connectivity index (χ2v) is 6.05. The van der Waals surface area contributed by atoms with Crippen LogP contribution in [0.2, 0.25) is 0 Å². The highest BCUT2D eigenvalue weighted by atomic mass is 16.5. The fraction of sp³-hybridized carbons (Fsp3) is 0.867. The number of ether oxygens (including phenoxy) is 1. The molecular formula is C15H28N2O. The standard InChI is InChI=1S/C15H28N2O/c1-14(2)12-18-11-10-17-9-5-8-16-15(13-17)6-3-4-7-15/h16H,1,3-13H2,2H3. The molecule has 2 fully saturated rings. The quantitative estimate of drug-likeness (QED) is 0.599. The summed E-state index contributed by atoms with van der Waals surface area (Å²) in [6, 6.07) is 0. The van der Waals surface area contributed by atoms with E-state index in [9.17, 15) is 0 Å². The van der Waals surface area contributed by atoms with Gasteiger partial charge in [-0.1, -0.05) is 25.0 Å². The molecule has 0 atom stereocenters. The molecule has 0 unspecified atom stereocenters. The fourth-order valence-electron chi connectivity index (χ4n) is 3.24. The fourth-order valence-corrected chi connectivity index (χ4v) is 3.24. The molecule has 18 heavy (non-hydrogen) atoms. The van der Waals surface area contributed by atoms with Gasteiger partial charge in [0.2, 0.25) is 0 Å². The van der Waals surface area contributed by atoms with Crippen LogP contribution in [0.25, 0.3) is 0 Å². The molecule has 2 rings (SSSR count). The second-order valence-electron chi connectivity index (χ2n) is 6.05. The van der Waals surface area contributed by atoms with Crippen LogP contribution >= 0.6 is 0 Å². The zero-order valence-electron chi connectivity index (χ0n) is 11.8. The van der Waals surface area contributed by atoms with Crippen molar-refractivity contribution in [1.29, 1.82) is 0 Å². The summed E-state index contributed by atoms with van der Waals surface area (Å²) in [5.74, 6) is 0. The van der Waals surface area contributed by atoms with Crippen molar-refractivity contribution in [3.63, 3.8) is 0 Å². The van der Waals surface area contributed by atoms with Gasteiger partial charge in [0.25, 0.3) is 0 Å². The molecule has 1 N–H and O–H groups in total. The molecule has 1 spiro atoms. The first-order chi connectivity index (χ1) is 8.70. The maximum Gasteiger partial charge on any atom is 0.0672 e. The summed E-state index contributed by atoms with van der Waals surface area (Å²) >= 11 is 0. The van der Waals surface area contributed by atoms with Gasteiger partial charge < -0.3 is 10.1 Å². The van der Waals surface area contributed by atoms with Gasteiger partial charge >= 0.3 is 0 Å². The molecule has 1 aliphatic carbocycles. The summed E-state index contributed by atoms with van der Waals surface area (Å²) in [4.78, 5) is 2.59. The highest BCUT2D eigenvalue weighted by molar-refractivity contribution is 4.96. The van der Waals surface area contributed by atoms with Crippen molar-refractivity contribution in [1.82, 2.24) is 10.2 Å². The van der Waals surface area contributed by atoms with Crippen molar-refractivity contribution in [3.05, 3.63) is 12.2 Å². The maximum absolute atomic E-state index is 5.63. The first-order valence-electron chi connectivity index (χ1n) is 7.40. The Labute approximate surface area is 112 Å². The lowest BCUT2D eigenvalue weighted by Gasteiger charge is -2.33. The number of hydrogen-bond donors (Lipinski definition) is 1. The van der Waals surface area contributed by atoms with E-state index in [4.69, 9.17) is 4.74 Å². The van der Waals surface area contributed by atoms with Crippen LogP contribution in [0.15, 0.2) is 12.2 Å². The van der Waals surface area contributed by atoms with E-state index < -0.39 is 0 Å². The normalized spacial score (nSPS) is 24.3. The minimum atomic E-state index is 0.421. The molecule has 1 aliphatic heterocycles. The molecule has 0 aromatic rings. The lowest BCUT2D eigenvalue weighted by Crippen LogP contribution is -2.49. The largest absolute Gasteiger partial charge is 0.376 e. The highest BCUT2D eigenvalue weighted by Gasteiger charge is 2.36. The minimum Gasteiger partial charge on any atom is -0.376 e. The van der Waals surface area contributed by atoms with Crippen molar-refractivity contribution in [2.75, 3.05) is 39.4 Å². The van der Waals surface area contributed by atoms with Crippen LogP contribution in [0.4, 0.5) is 0 Å². The van der Waals surface area contributed by atoms with Crippen LogP contribution < -0.4 is 5.32 Å². The summed E-state index contributed by atoms with van der Waals surface area (Å²) < 4.78 is 5.63. The van der Waals surface area contributed by atoms with Crippen molar-refractivity contribution in [2.45, 2.75) is 44.6 Å². The topological polar surface area (TPSA) is 24.5 Å². The Balaban J connectivity index is 1.75. The molecule has 2 aliphatic rings. The number of nitrogens with zero attached hydrogens (tertiary/aromatic N) is 1. The average Bonchev–Trinajstić information content (AvgIpc) is 2.67. The minimum absolute atomic E-state index is 0.421. The van der Waals surface area contributed by atoms with Crippen LogP contribution in [-0.2, 0) is 4.74 Å². The third kappa shape index (κ3) is 4.08. The third-order valence-electron chi connectivity index (χ3n) is 4.14. The molecule has 1 saturated carbocycles. The van der Waals surface area contributed by atoms with Gasteiger partial charge in [-0.2, -0.15) is 0 Å². The SMILES string of the molecule is C=C(C)COCCN1CCCNC2(CCCC2)C1. The van der Waals surface area contributed by atoms with Crippen molar-refractivity contribution in [3.8, 4) is 0 Å². The van der Waals surface area contributed by atoms with E-state index in [-0.39, 0.29) is 0 Å². The van der Waals surface area contributed by atoms with Gasteiger partial charge in [0.05, 0.1) is 13.2 Å². The van der Waals surface area contributed by atoms with E-state index in [0.717, 1.165) is 18.7 Å². The Bertz CT molecular complexity index is 272. The van der Waals surface area contributed by atoms with Gasteiger partial charge in [0.15, 0.2) is 0 Å². The predicted octanol–water partition coefficient (Wildman–Crippen LogP) is 2.19. The van der Waals surface area contributed by atoms with Gasteiger partial charge in [-0.15, -0.1) is 0 Å². The molecule has 0 aromatic heterocycles. The molecule has 3 heteroatoms. The number of rotatable bonds is 5. The molecular weight excluding hydrogens is 224 g/mol. The Kier molecular flexibility index (Phi) is 5.22. The molecule has 104 valence electrons. The van der Waals surface area contributed by atoms with E-state index in [0.29, 0.717) is 12.1 Å². The summed E-state index contributed by atoms with van der Waals surface area (Å²) in [5, 5.41) is 3.80.